The van der Waals surface area contributed by atoms with Gasteiger partial charge in [0.2, 0.25) is 0 Å². The fourth-order valence-corrected chi connectivity index (χ4v) is 9.53. The molecule has 8 rings (SSSR count). The standard InChI is InChI=1S/C45H49ClFN7O8S/c1-28-25-53(15-14-52(28)26-31-10-12-45(2,3)22-38(31)29-4-6-32(46)7-5-29)33-8-9-37(41(19-33)62-34-18-30-11-13-48-43(30)50-23-34)44(55)51-63(58,59)36-20-39(47)42(40(21-36)54(56)57)49-24-35-27-60-16-17-61-35/h4-9,11,13,18-21,23,28,35,49H,10,12,14-17,22,24-27H2,1-3H3,(H,48,50)(H,51,55)/t28-,35-/m0/s1. The summed E-state index contributed by atoms with van der Waals surface area (Å²) in [5.74, 6) is -1.96. The molecule has 0 bridgehead atoms. The highest BCUT2D eigenvalue weighted by Crippen LogP contribution is 2.44. The van der Waals surface area contributed by atoms with E-state index in [0.29, 0.717) is 54.9 Å². The lowest BCUT2D eigenvalue weighted by molar-refractivity contribution is -0.384. The summed E-state index contributed by atoms with van der Waals surface area (Å²) in [6.45, 7) is 10.7. The van der Waals surface area contributed by atoms with Crippen molar-refractivity contribution in [1.82, 2.24) is 19.6 Å². The lowest BCUT2D eigenvalue weighted by Gasteiger charge is -2.43. The Hall–Kier alpha value is -5.59. The summed E-state index contributed by atoms with van der Waals surface area (Å²) in [7, 11) is -4.85. The third-order valence-corrected chi connectivity index (χ3v) is 13.4. The van der Waals surface area contributed by atoms with Crippen molar-refractivity contribution in [2.24, 2.45) is 5.41 Å². The lowest BCUT2D eigenvalue weighted by atomic mass is 9.72. The molecule has 2 aliphatic heterocycles. The number of hydrogen-bond donors (Lipinski definition) is 3. The van der Waals surface area contributed by atoms with E-state index in [1.54, 1.807) is 24.4 Å². The zero-order chi connectivity index (χ0) is 44.5. The molecule has 332 valence electrons. The monoisotopic (exact) mass is 901 g/mol. The molecule has 0 saturated carbocycles. The van der Waals surface area contributed by atoms with Crippen LogP contribution >= 0.6 is 11.6 Å². The number of ether oxygens (including phenoxy) is 3. The molecule has 0 unspecified atom stereocenters. The van der Waals surface area contributed by atoms with Gasteiger partial charge < -0.3 is 29.4 Å². The zero-order valence-electron chi connectivity index (χ0n) is 35.2. The summed E-state index contributed by atoms with van der Waals surface area (Å²) < 4.78 is 61.9. The number of benzene rings is 3. The number of anilines is 2. The van der Waals surface area contributed by atoms with Gasteiger partial charge in [-0.1, -0.05) is 43.2 Å². The second-order valence-electron chi connectivity index (χ2n) is 17.0. The first-order chi connectivity index (χ1) is 30.1. The topological polar surface area (TPSA) is 181 Å². The summed E-state index contributed by atoms with van der Waals surface area (Å²) in [6.07, 6.45) is 5.83. The Bertz CT molecular complexity index is 2670. The number of aromatic nitrogens is 2. The van der Waals surface area contributed by atoms with Crippen LogP contribution in [0.2, 0.25) is 5.02 Å². The van der Waals surface area contributed by atoms with Crippen molar-refractivity contribution >= 4 is 61.2 Å². The van der Waals surface area contributed by atoms with Gasteiger partial charge in [-0.3, -0.25) is 19.8 Å². The third kappa shape index (κ3) is 10.1. The Morgan fingerprint density at radius 3 is 2.67 bits per heavy atom. The van der Waals surface area contributed by atoms with E-state index in [1.807, 2.05) is 22.9 Å². The Morgan fingerprint density at radius 2 is 1.92 bits per heavy atom. The van der Waals surface area contributed by atoms with Crippen LogP contribution in [-0.2, 0) is 19.5 Å². The molecule has 0 radical (unpaired) electrons. The number of halogens is 2. The van der Waals surface area contributed by atoms with Gasteiger partial charge in [-0.05, 0) is 85.2 Å². The van der Waals surface area contributed by atoms with Crippen LogP contribution in [0.3, 0.4) is 0 Å². The molecule has 0 spiro atoms. The molecule has 63 heavy (non-hydrogen) atoms. The minimum atomic E-state index is -4.85. The minimum Gasteiger partial charge on any atom is -0.455 e. The van der Waals surface area contributed by atoms with E-state index in [9.17, 15) is 23.3 Å². The van der Waals surface area contributed by atoms with Gasteiger partial charge in [-0.2, -0.15) is 0 Å². The number of amides is 1. The summed E-state index contributed by atoms with van der Waals surface area (Å²) in [4.78, 5) is 36.4. The van der Waals surface area contributed by atoms with Crippen LogP contribution in [0.5, 0.6) is 11.5 Å². The predicted molar refractivity (Wildman–Crippen MR) is 239 cm³/mol. The van der Waals surface area contributed by atoms with Crippen LogP contribution in [0.15, 0.2) is 89.6 Å². The van der Waals surface area contributed by atoms with Gasteiger partial charge in [-0.25, -0.2) is 22.5 Å². The van der Waals surface area contributed by atoms with Crippen molar-refractivity contribution < 1.29 is 36.7 Å². The molecule has 1 aliphatic carbocycles. The van der Waals surface area contributed by atoms with Crippen molar-refractivity contribution in [3.63, 3.8) is 0 Å². The van der Waals surface area contributed by atoms with E-state index in [1.165, 1.54) is 29.0 Å². The number of carbonyl (C=O) groups is 1. The number of sulfonamides is 1. The van der Waals surface area contributed by atoms with Crippen LogP contribution < -0.4 is 19.7 Å². The van der Waals surface area contributed by atoms with E-state index >= 15 is 4.39 Å². The van der Waals surface area contributed by atoms with E-state index in [4.69, 9.17) is 25.8 Å². The van der Waals surface area contributed by atoms with Crippen molar-refractivity contribution in [1.29, 1.82) is 0 Å². The first-order valence-electron chi connectivity index (χ1n) is 20.8. The van der Waals surface area contributed by atoms with Crippen LogP contribution in [0.25, 0.3) is 16.6 Å². The summed E-state index contributed by atoms with van der Waals surface area (Å²) in [5.41, 5.74) is 4.10. The minimum absolute atomic E-state index is 0.0244. The largest absolute Gasteiger partial charge is 0.455 e. The fraction of sp³-hybridized carbons (Fsp3) is 0.378. The van der Waals surface area contributed by atoms with Gasteiger partial charge in [0.15, 0.2) is 5.82 Å². The Morgan fingerprint density at radius 1 is 1.11 bits per heavy atom. The van der Waals surface area contributed by atoms with Crippen LogP contribution in [0, 0.1) is 21.3 Å². The predicted octanol–water partition coefficient (Wildman–Crippen LogP) is 8.18. The number of nitrogens with zero attached hydrogens (tertiary/aromatic N) is 4. The summed E-state index contributed by atoms with van der Waals surface area (Å²) >= 11 is 6.25. The highest BCUT2D eigenvalue weighted by Gasteiger charge is 2.33. The maximum absolute atomic E-state index is 15.5. The van der Waals surface area contributed by atoms with Gasteiger partial charge in [0.25, 0.3) is 21.6 Å². The fourth-order valence-electron chi connectivity index (χ4n) is 8.40. The summed E-state index contributed by atoms with van der Waals surface area (Å²) in [6, 6.07) is 18.0. The molecule has 3 aliphatic rings. The first kappa shape index (κ1) is 44.0. The van der Waals surface area contributed by atoms with E-state index in [-0.39, 0.29) is 35.9 Å². The Labute approximate surface area is 369 Å². The van der Waals surface area contributed by atoms with Gasteiger partial charge >= 0.3 is 0 Å². The smallest absolute Gasteiger partial charge is 0.296 e. The highest BCUT2D eigenvalue weighted by molar-refractivity contribution is 7.90. The van der Waals surface area contributed by atoms with Crippen LogP contribution in [-0.4, -0.2) is 98.8 Å². The molecule has 3 N–H and O–H groups in total. The molecule has 4 heterocycles. The Kier molecular flexibility index (Phi) is 12.8. The molecule has 2 saturated heterocycles. The van der Waals surface area contributed by atoms with Gasteiger partial charge in [0.1, 0.15) is 22.8 Å². The van der Waals surface area contributed by atoms with Crippen molar-refractivity contribution in [2.45, 2.75) is 57.1 Å². The maximum atomic E-state index is 15.5. The quantitative estimate of drug-likeness (QED) is 0.0763. The van der Waals surface area contributed by atoms with Crippen molar-refractivity contribution in [3.05, 3.63) is 117 Å². The van der Waals surface area contributed by atoms with E-state index < -0.39 is 49.0 Å². The normalized spacial score (nSPS) is 19.5. The average molecular weight is 902 g/mol. The number of fused-ring (bicyclic) bond motifs is 1. The number of hydrogen-bond acceptors (Lipinski definition) is 12. The average Bonchev–Trinajstić information content (AvgIpc) is 3.73. The highest BCUT2D eigenvalue weighted by atomic mass is 35.5. The molecule has 1 amide bonds. The molecule has 5 aromatic rings. The molecule has 3 aromatic carbocycles. The first-order valence-corrected chi connectivity index (χ1v) is 22.7. The van der Waals surface area contributed by atoms with Crippen molar-refractivity contribution in [3.8, 4) is 11.5 Å². The maximum Gasteiger partial charge on any atom is 0.296 e. The number of allylic oxidation sites excluding steroid dienone is 1. The zero-order valence-corrected chi connectivity index (χ0v) is 36.7. The number of rotatable bonds is 13. The van der Waals surface area contributed by atoms with Gasteiger partial charge in [-0.15, -0.1) is 0 Å². The molecule has 2 aromatic heterocycles. The number of nitro groups is 1. The number of nitro benzene ring substituents is 1. The number of pyridine rings is 1. The molecule has 15 nitrogen and oxygen atoms in total. The van der Waals surface area contributed by atoms with Crippen LogP contribution in [0.4, 0.5) is 21.5 Å². The molecule has 2 fully saturated rings. The SMILES string of the molecule is C[C@H]1CN(c2ccc(C(=O)NS(=O)(=O)c3cc(F)c(NC[C@H]4COCCO4)c([N+](=O)[O-])c3)c(Oc3cnc4[nH]ccc4c3)c2)CCN1CC1=C(c2ccc(Cl)cc2)CC(C)(C)CC1. The van der Waals surface area contributed by atoms with Gasteiger partial charge in [0.05, 0.1) is 47.5 Å². The molecule has 2 atom stereocenters. The molecule has 18 heteroatoms. The molecular formula is C45H49ClFN7O8S. The van der Waals surface area contributed by atoms with E-state index in [0.717, 1.165) is 43.4 Å². The number of H-pyrrole nitrogens is 1. The Balaban J connectivity index is 1.03. The summed E-state index contributed by atoms with van der Waals surface area (Å²) in [5, 5.41) is 16.1. The second-order valence-corrected chi connectivity index (χ2v) is 19.1. The van der Waals surface area contributed by atoms with Gasteiger partial charge in [0, 0.05) is 73.2 Å². The van der Waals surface area contributed by atoms with Crippen LogP contribution in [0.1, 0.15) is 56.0 Å². The number of piperazine rings is 1. The van der Waals surface area contributed by atoms with E-state index in [2.05, 4.69) is 58.0 Å². The lowest BCUT2D eigenvalue weighted by Crippen LogP contribution is -2.52. The van der Waals surface area contributed by atoms with Crippen molar-refractivity contribution in [2.75, 3.05) is 62.8 Å². The second kappa shape index (κ2) is 18.3. The number of aromatic amines is 1. The number of nitrogens with one attached hydrogen (secondary N) is 3. The number of carbonyl (C=O) groups excluding carboxylic acids is 1. The molecular weight excluding hydrogens is 853 g/mol. The third-order valence-electron chi connectivity index (χ3n) is 11.9.